The third-order valence-electron chi connectivity index (χ3n) is 3.89. The molecule has 2 rings (SSSR count). The van der Waals surface area contributed by atoms with Gasteiger partial charge in [-0.2, -0.15) is 0 Å². The first-order valence-electron chi connectivity index (χ1n) is 6.31. The van der Waals surface area contributed by atoms with Crippen molar-refractivity contribution in [2.45, 2.75) is 45.4 Å². The van der Waals surface area contributed by atoms with Crippen molar-refractivity contribution in [2.24, 2.45) is 11.8 Å². The van der Waals surface area contributed by atoms with E-state index in [0.29, 0.717) is 12.5 Å². The Labute approximate surface area is 102 Å². The number of hydrogen-bond acceptors (Lipinski definition) is 3. The first-order chi connectivity index (χ1) is 7.81. The molecule has 1 saturated carbocycles. The van der Waals surface area contributed by atoms with E-state index in [1.165, 1.54) is 36.3 Å². The maximum Gasteiger partial charge on any atom is 0.0797 e. The van der Waals surface area contributed by atoms with Crippen LogP contribution in [0.5, 0.6) is 0 Å². The van der Waals surface area contributed by atoms with Crippen LogP contribution in [0.25, 0.3) is 0 Å². The minimum Gasteiger partial charge on any atom is -0.396 e. The minimum atomic E-state index is 0.364. The Hall–Kier alpha value is -0.410. The van der Waals surface area contributed by atoms with Crippen LogP contribution in [0.1, 0.15) is 42.7 Å². The lowest BCUT2D eigenvalue weighted by Gasteiger charge is -2.20. The number of aliphatic hydroxyl groups is 1. The highest BCUT2D eigenvalue weighted by Gasteiger charge is 2.24. The summed E-state index contributed by atoms with van der Waals surface area (Å²) < 4.78 is 0. The van der Waals surface area contributed by atoms with Crippen LogP contribution >= 0.6 is 11.3 Å². The van der Waals surface area contributed by atoms with Crippen molar-refractivity contribution >= 4 is 11.3 Å². The number of hydrogen-bond donors (Lipinski definition) is 1. The molecule has 0 aliphatic heterocycles. The summed E-state index contributed by atoms with van der Waals surface area (Å²) in [5.74, 6) is 1.29. The van der Waals surface area contributed by atoms with Crippen LogP contribution in [0.2, 0.25) is 0 Å². The van der Waals surface area contributed by atoms with Crippen molar-refractivity contribution in [3.05, 3.63) is 16.1 Å². The number of aryl methyl sites for hydroxylation is 2. The molecule has 1 fully saturated rings. The van der Waals surface area contributed by atoms with Crippen molar-refractivity contribution in [2.75, 3.05) is 6.61 Å². The zero-order valence-corrected chi connectivity index (χ0v) is 10.8. The van der Waals surface area contributed by atoms with E-state index in [1.807, 2.05) is 5.51 Å². The Morgan fingerprint density at radius 3 is 2.81 bits per heavy atom. The first-order valence-corrected chi connectivity index (χ1v) is 7.19. The third-order valence-corrected chi connectivity index (χ3v) is 4.88. The molecule has 0 saturated heterocycles. The molecular formula is C13H21NOS. The predicted octanol–water partition coefficient (Wildman–Crippen LogP) is 3.18. The van der Waals surface area contributed by atoms with Crippen molar-refractivity contribution in [3.63, 3.8) is 0 Å². The lowest BCUT2D eigenvalue weighted by molar-refractivity contribution is 0.168. The van der Waals surface area contributed by atoms with E-state index in [-0.39, 0.29) is 0 Å². The van der Waals surface area contributed by atoms with Gasteiger partial charge in [-0.05, 0) is 31.6 Å². The van der Waals surface area contributed by atoms with Crippen molar-refractivity contribution in [1.29, 1.82) is 0 Å². The molecule has 0 radical (unpaired) electrons. The van der Waals surface area contributed by atoms with Crippen LogP contribution in [0, 0.1) is 18.8 Å². The van der Waals surface area contributed by atoms with Crippen LogP contribution in [-0.2, 0) is 6.42 Å². The van der Waals surface area contributed by atoms with Crippen LogP contribution in [0.4, 0.5) is 0 Å². The Balaban J connectivity index is 1.85. The first kappa shape index (κ1) is 12.1. The second kappa shape index (κ2) is 5.78. The molecule has 1 aliphatic rings. The molecule has 1 atom stereocenters. The van der Waals surface area contributed by atoms with E-state index in [4.69, 9.17) is 0 Å². The molecule has 0 bridgehead atoms. The quantitative estimate of drug-likeness (QED) is 0.856. The summed E-state index contributed by atoms with van der Waals surface area (Å²) in [6.07, 6.45) is 7.60. The van der Waals surface area contributed by atoms with Crippen LogP contribution in [0.3, 0.4) is 0 Å². The summed E-state index contributed by atoms with van der Waals surface area (Å²) in [7, 11) is 0. The lowest BCUT2D eigenvalue weighted by Crippen LogP contribution is -2.16. The Bertz CT molecular complexity index is 317. The summed E-state index contributed by atoms with van der Waals surface area (Å²) in [4.78, 5) is 5.67. The molecule has 0 amide bonds. The van der Waals surface area contributed by atoms with Gasteiger partial charge < -0.3 is 5.11 Å². The van der Waals surface area contributed by atoms with E-state index in [2.05, 4.69) is 11.9 Å². The van der Waals surface area contributed by atoms with Crippen LogP contribution in [-0.4, -0.2) is 16.7 Å². The van der Waals surface area contributed by atoms with Crippen LogP contribution in [0.15, 0.2) is 5.51 Å². The van der Waals surface area contributed by atoms with Gasteiger partial charge in [0.25, 0.3) is 0 Å². The van der Waals surface area contributed by atoms with Gasteiger partial charge in [0.1, 0.15) is 0 Å². The molecule has 16 heavy (non-hydrogen) atoms. The summed E-state index contributed by atoms with van der Waals surface area (Å²) >= 11 is 1.75. The Morgan fingerprint density at radius 2 is 2.25 bits per heavy atom. The van der Waals surface area contributed by atoms with E-state index in [9.17, 15) is 5.11 Å². The topological polar surface area (TPSA) is 33.1 Å². The highest BCUT2D eigenvalue weighted by Crippen LogP contribution is 2.33. The molecule has 0 spiro atoms. The van der Waals surface area contributed by atoms with Gasteiger partial charge >= 0.3 is 0 Å². The molecule has 1 N–H and O–H groups in total. The van der Waals surface area contributed by atoms with Gasteiger partial charge in [0.15, 0.2) is 0 Å². The number of thiazole rings is 1. The fourth-order valence-corrected chi connectivity index (χ4v) is 3.58. The molecule has 2 nitrogen and oxygen atoms in total. The molecule has 1 aliphatic carbocycles. The monoisotopic (exact) mass is 239 g/mol. The highest BCUT2D eigenvalue weighted by atomic mass is 32.1. The molecule has 90 valence electrons. The normalized spacial score (nSPS) is 19.1. The Kier molecular flexibility index (Phi) is 4.36. The standard InChI is InChI=1S/C13H21NOS/c1-10-13(16-9-14-10)7-6-12(8-15)11-4-2-3-5-11/h9,11-12,15H,2-8H2,1H3. The fourth-order valence-electron chi connectivity index (χ4n) is 2.79. The summed E-state index contributed by atoms with van der Waals surface area (Å²) in [6.45, 7) is 2.44. The van der Waals surface area contributed by atoms with Gasteiger partial charge in [0, 0.05) is 11.5 Å². The highest BCUT2D eigenvalue weighted by molar-refractivity contribution is 7.09. The SMILES string of the molecule is Cc1ncsc1CCC(CO)C1CCCC1. The second-order valence-electron chi connectivity index (χ2n) is 4.89. The lowest BCUT2D eigenvalue weighted by atomic mass is 9.87. The Morgan fingerprint density at radius 1 is 1.50 bits per heavy atom. The number of aliphatic hydroxyl groups excluding tert-OH is 1. The molecule has 1 aromatic rings. The van der Waals surface area contributed by atoms with Crippen molar-refractivity contribution in [3.8, 4) is 0 Å². The molecule has 3 heteroatoms. The summed E-state index contributed by atoms with van der Waals surface area (Å²) in [5, 5.41) is 9.47. The van der Waals surface area contributed by atoms with E-state index in [1.54, 1.807) is 11.3 Å². The summed E-state index contributed by atoms with van der Waals surface area (Å²) in [6, 6.07) is 0. The average Bonchev–Trinajstić information content (AvgIpc) is 2.92. The van der Waals surface area contributed by atoms with Gasteiger partial charge in [0.2, 0.25) is 0 Å². The molecule has 1 aromatic heterocycles. The van der Waals surface area contributed by atoms with Gasteiger partial charge in [-0.3, -0.25) is 0 Å². The number of aromatic nitrogens is 1. The van der Waals surface area contributed by atoms with Crippen molar-refractivity contribution in [1.82, 2.24) is 4.98 Å². The smallest absolute Gasteiger partial charge is 0.0797 e. The van der Waals surface area contributed by atoms with Crippen LogP contribution < -0.4 is 0 Å². The van der Waals surface area contributed by atoms with Gasteiger partial charge in [-0.25, -0.2) is 4.98 Å². The van der Waals surface area contributed by atoms with E-state index in [0.717, 1.165) is 18.8 Å². The molecular weight excluding hydrogens is 218 g/mol. The fraction of sp³-hybridized carbons (Fsp3) is 0.769. The maximum absolute atomic E-state index is 9.47. The largest absolute Gasteiger partial charge is 0.396 e. The zero-order valence-electron chi connectivity index (χ0n) is 9.98. The molecule has 0 aromatic carbocycles. The van der Waals surface area contributed by atoms with E-state index < -0.39 is 0 Å². The van der Waals surface area contributed by atoms with Gasteiger partial charge in [0.05, 0.1) is 11.2 Å². The molecule has 1 unspecified atom stereocenters. The second-order valence-corrected chi connectivity index (χ2v) is 5.83. The average molecular weight is 239 g/mol. The maximum atomic E-state index is 9.47. The van der Waals surface area contributed by atoms with Crippen molar-refractivity contribution < 1.29 is 5.11 Å². The zero-order chi connectivity index (χ0) is 11.4. The molecule has 1 heterocycles. The van der Waals surface area contributed by atoms with E-state index >= 15 is 0 Å². The third kappa shape index (κ3) is 2.83. The summed E-state index contributed by atoms with van der Waals surface area (Å²) in [5.41, 5.74) is 3.10. The van der Waals surface area contributed by atoms with Gasteiger partial charge in [-0.15, -0.1) is 11.3 Å². The number of rotatable bonds is 5. The minimum absolute atomic E-state index is 0.364. The predicted molar refractivity (Wildman–Crippen MR) is 67.7 cm³/mol. The number of nitrogens with zero attached hydrogens (tertiary/aromatic N) is 1. The van der Waals surface area contributed by atoms with Gasteiger partial charge in [-0.1, -0.05) is 25.7 Å².